The van der Waals surface area contributed by atoms with E-state index in [0.717, 1.165) is 36.1 Å². The minimum absolute atomic E-state index is 0.314. The lowest BCUT2D eigenvalue weighted by Gasteiger charge is -2.33. The highest BCUT2D eigenvalue weighted by molar-refractivity contribution is 7.19. The fraction of sp³-hybridized carbons (Fsp3) is 0.653. The molecule has 0 aliphatic rings. The third kappa shape index (κ3) is 24.2. The van der Waals surface area contributed by atoms with Crippen LogP contribution in [0.5, 0.6) is 0 Å². The fourth-order valence-electron chi connectivity index (χ4n) is 6.10. The number of azo groups is 1. The van der Waals surface area contributed by atoms with Crippen LogP contribution in [0.15, 0.2) is 58.8 Å². The van der Waals surface area contributed by atoms with E-state index in [0.29, 0.717) is 22.2 Å². The van der Waals surface area contributed by atoms with E-state index in [1.54, 1.807) is 13.0 Å². The summed E-state index contributed by atoms with van der Waals surface area (Å²) in [6, 6.07) is 16.2. The van der Waals surface area contributed by atoms with Gasteiger partial charge in [0.05, 0.1) is 17.9 Å². The third-order valence-corrected chi connectivity index (χ3v) is 10.6. The van der Waals surface area contributed by atoms with Gasteiger partial charge in [0, 0.05) is 24.5 Å². The molecule has 0 radical (unpaired) electrons. The molecule has 1 heterocycles. The van der Waals surface area contributed by atoms with Crippen molar-refractivity contribution < 1.29 is 9.53 Å². The number of esters is 1. The van der Waals surface area contributed by atoms with Gasteiger partial charge in [-0.15, -0.1) is 10.2 Å². The number of nitrogen functional groups attached to an aromatic ring is 2. The molecule has 0 bridgehead atoms. The van der Waals surface area contributed by atoms with Gasteiger partial charge in [-0.2, -0.15) is 0 Å². The maximum Gasteiger partial charge on any atom is 0.341 e. The number of carbonyl (C=O) groups excluding carboxylic acids is 1. The van der Waals surface area contributed by atoms with E-state index >= 15 is 0 Å². The molecule has 7 nitrogen and oxygen atoms in total. The van der Waals surface area contributed by atoms with Gasteiger partial charge in [0.1, 0.15) is 10.0 Å². The zero-order valence-electron chi connectivity index (χ0n) is 39.0. The molecule has 3 rings (SSSR count). The van der Waals surface area contributed by atoms with Crippen molar-refractivity contribution in [2.75, 3.05) is 36.1 Å². The second kappa shape index (κ2) is 36.9. The van der Waals surface area contributed by atoms with Crippen LogP contribution in [0.2, 0.25) is 0 Å². The van der Waals surface area contributed by atoms with Crippen LogP contribution >= 0.6 is 11.3 Å². The first-order chi connectivity index (χ1) is 27.6. The Balaban J connectivity index is 0. The number of rotatable bonds is 22. The standard InChI is InChI=1S/C25H46N2.C15H17N3O2S.C5H12.2C2H6/c1-6-11-13-15-22(9-4)20-27(19-21(8-3)14-12-7-2)24-16-17-25(26)23(10-5)18-24;1-3-10-5-7-11(8-6-10)17-18-13-9-12(14(16)21-13)15(19)20-4-2;1-3-5-4-2;2*1-2/h16-18,21-22H,6-15,19-20,26H2,1-5H3;5-9H,3-4,16H2,1-2H3;3-5H2,1-2H3;2*1-2H3. The Morgan fingerprint density at radius 2 is 1.25 bits per heavy atom. The number of ether oxygens (including phenoxy) is 1. The van der Waals surface area contributed by atoms with E-state index < -0.39 is 5.97 Å². The second-order valence-corrected chi connectivity index (χ2v) is 15.0. The molecule has 0 fully saturated rings. The van der Waals surface area contributed by atoms with Crippen molar-refractivity contribution in [1.29, 1.82) is 0 Å². The molecule has 0 saturated heterocycles. The van der Waals surface area contributed by atoms with E-state index in [1.165, 1.54) is 118 Å². The molecule has 0 aliphatic heterocycles. The summed E-state index contributed by atoms with van der Waals surface area (Å²) in [5.74, 6) is 1.16. The predicted molar refractivity (Wildman–Crippen MR) is 256 cm³/mol. The molecule has 57 heavy (non-hydrogen) atoms. The Labute approximate surface area is 355 Å². The maximum absolute atomic E-state index is 11.7. The monoisotopic (exact) mass is 810 g/mol. The van der Waals surface area contributed by atoms with E-state index in [2.05, 4.69) is 88.7 Å². The zero-order valence-corrected chi connectivity index (χ0v) is 39.8. The summed E-state index contributed by atoms with van der Waals surface area (Å²) >= 11 is 1.21. The number of anilines is 3. The number of nitrogens with two attached hydrogens (primary N) is 2. The van der Waals surface area contributed by atoms with Gasteiger partial charge in [0.2, 0.25) is 0 Å². The number of nitrogens with zero attached hydrogens (tertiary/aromatic N) is 3. The summed E-state index contributed by atoms with van der Waals surface area (Å²) < 4.78 is 4.93. The van der Waals surface area contributed by atoms with Gasteiger partial charge in [0.25, 0.3) is 0 Å². The Morgan fingerprint density at radius 1 is 0.684 bits per heavy atom. The topological polar surface area (TPSA) is 106 Å². The molecule has 8 heteroatoms. The van der Waals surface area contributed by atoms with Crippen LogP contribution in [0.25, 0.3) is 0 Å². The lowest BCUT2D eigenvalue weighted by atomic mass is 9.94. The minimum Gasteiger partial charge on any atom is -0.462 e. The molecule has 0 amide bonds. The van der Waals surface area contributed by atoms with Crippen LogP contribution in [0.1, 0.15) is 189 Å². The van der Waals surface area contributed by atoms with E-state index in [9.17, 15) is 4.79 Å². The van der Waals surface area contributed by atoms with Crippen LogP contribution in [-0.4, -0.2) is 25.7 Å². The average molecular weight is 810 g/mol. The molecule has 2 atom stereocenters. The van der Waals surface area contributed by atoms with Crippen LogP contribution in [-0.2, 0) is 17.6 Å². The number of thiophene rings is 1. The van der Waals surface area contributed by atoms with Crippen LogP contribution < -0.4 is 16.4 Å². The molecule has 4 N–H and O–H groups in total. The molecule has 2 aromatic carbocycles. The van der Waals surface area contributed by atoms with Gasteiger partial charge in [-0.1, -0.05) is 171 Å². The molecular weight excluding hydrogens is 723 g/mol. The summed E-state index contributed by atoms with van der Waals surface area (Å²) in [5, 5.41) is 9.22. The lowest BCUT2D eigenvalue weighted by molar-refractivity contribution is 0.0528. The molecule has 1 aromatic heterocycles. The van der Waals surface area contributed by atoms with Gasteiger partial charge in [-0.25, -0.2) is 4.79 Å². The van der Waals surface area contributed by atoms with Crippen molar-refractivity contribution in [3.63, 3.8) is 0 Å². The summed E-state index contributed by atoms with van der Waals surface area (Å²) in [4.78, 5) is 14.3. The van der Waals surface area contributed by atoms with Gasteiger partial charge < -0.3 is 21.1 Å². The Hall–Kier alpha value is -3.39. The van der Waals surface area contributed by atoms with Crippen molar-refractivity contribution >= 4 is 44.4 Å². The number of unbranched alkanes of at least 4 members (excludes halogenated alkanes) is 5. The van der Waals surface area contributed by atoms with Crippen molar-refractivity contribution in [2.24, 2.45) is 22.1 Å². The maximum atomic E-state index is 11.7. The Morgan fingerprint density at radius 3 is 1.72 bits per heavy atom. The summed E-state index contributed by atoms with van der Waals surface area (Å²) in [6.45, 7) is 30.5. The molecular formula is C49H87N5O2S. The molecule has 0 saturated carbocycles. The number of carbonyl (C=O) groups is 1. The highest BCUT2D eigenvalue weighted by Gasteiger charge is 2.19. The third-order valence-electron chi connectivity index (χ3n) is 9.73. The van der Waals surface area contributed by atoms with Gasteiger partial charge in [-0.05, 0) is 92.0 Å². The first kappa shape index (κ1) is 55.7. The summed E-state index contributed by atoms with van der Waals surface area (Å²) in [7, 11) is 0. The molecule has 0 aliphatic carbocycles. The van der Waals surface area contributed by atoms with Crippen molar-refractivity contribution in [3.05, 3.63) is 65.2 Å². The number of hydrogen-bond donors (Lipinski definition) is 2. The quantitative estimate of drug-likeness (QED) is 0.0455. The number of hydrogen-bond acceptors (Lipinski definition) is 8. The normalized spacial score (nSPS) is 11.4. The SMILES string of the molecule is CC.CC.CCCCC.CCCCCC(CC)CN(CC(CC)CCCC)c1ccc(N)c(CC)c1.CCOC(=O)c1cc(N=Nc2ccc(CC)cc2)sc1N. The average Bonchev–Trinajstić information content (AvgIpc) is 3.63. The van der Waals surface area contributed by atoms with E-state index in [-0.39, 0.29) is 0 Å². The minimum atomic E-state index is -0.431. The highest BCUT2D eigenvalue weighted by atomic mass is 32.1. The first-order valence-electron chi connectivity index (χ1n) is 22.8. The molecule has 326 valence electrons. The van der Waals surface area contributed by atoms with Gasteiger partial charge in [0.15, 0.2) is 0 Å². The van der Waals surface area contributed by atoms with Crippen LogP contribution in [0.3, 0.4) is 0 Å². The lowest BCUT2D eigenvalue weighted by Crippen LogP contribution is -2.34. The largest absolute Gasteiger partial charge is 0.462 e. The van der Waals surface area contributed by atoms with E-state index in [4.69, 9.17) is 16.2 Å². The predicted octanol–water partition coefficient (Wildman–Crippen LogP) is 16.2. The van der Waals surface area contributed by atoms with Crippen LogP contribution in [0, 0.1) is 11.8 Å². The number of benzene rings is 2. The Bertz CT molecular complexity index is 1400. The highest BCUT2D eigenvalue weighted by Crippen LogP contribution is 2.33. The van der Waals surface area contributed by atoms with Crippen molar-refractivity contribution in [2.45, 2.75) is 180 Å². The Kier molecular flexibility index (Phi) is 36.1. The number of aryl methyl sites for hydroxylation is 2. The van der Waals surface area contributed by atoms with Crippen molar-refractivity contribution in [1.82, 2.24) is 0 Å². The van der Waals surface area contributed by atoms with Gasteiger partial charge in [-0.3, -0.25) is 0 Å². The zero-order chi connectivity index (χ0) is 43.4. The molecule has 3 aromatic rings. The van der Waals surface area contributed by atoms with Crippen LogP contribution in [0.4, 0.5) is 27.1 Å². The van der Waals surface area contributed by atoms with Crippen molar-refractivity contribution in [3.8, 4) is 0 Å². The second-order valence-electron chi connectivity index (χ2n) is 14.0. The fourth-order valence-corrected chi connectivity index (χ4v) is 6.83. The van der Waals surface area contributed by atoms with E-state index in [1.807, 2.05) is 52.0 Å². The molecule has 2 unspecified atom stereocenters. The smallest absolute Gasteiger partial charge is 0.341 e. The molecule has 0 spiro atoms. The summed E-state index contributed by atoms with van der Waals surface area (Å²) in [6.07, 6.45) is 18.0. The summed E-state index contributed by atoms with van der Waals surface area (Å²) in [5.41, 5.74) is 17.9. The first-order valence-corrected chi connectivity index (χ1v) is 23.7. The van der Waals surface area contributed by atoms with Gasteiger partial charge >= 0.3 is 5.97 Å².